The van der Waals surface area contributed by atoms with Gasteiger partial charge >= 0.3 is 0 Å². The van der Waals surface area contributed by atoms with Crippen molar-refractivity contribution in [3.05, 3.63) is 55.1 Å². The van der Waals surface area contributed by atoms with Gasteiger partial charge in [0.25, 0.3) is 0 Å². The number of hydrogen-bond acceptors (Lipinski definition) is 2. The number of ether oxygens (including phenoxy) is 1. The lowest BCUT2D eigenvalue weighted by Crippen LogP contribution is -1.98. The molecule has 0 spiro atoms. The topological polar surface area (TPSA) is 26.3 Å². The second-order valence-corrected chi connectivity index (χ2v) is 5.45. The van der Waals surface area contributed by atoms with Crippen LogP contribution in [0.3, 0.4) is 0 Å². The Bertz CT molecular complexity index is 584. The van der Waals surface area contributed by atoms with Crippen LogP contribution in [0.1, 0.15) is 59.4 Å². The van der Waals surface area contributed by atoms with E-state index >= 15 is 0 Å². The van der Waals surface area contributed by atoms with Crippen molar-refractivity contribution in [2.24, 2.45) is 0 Å². The summed E-state index contributed by atoms with van der Waals surface area (Å²) >= 11 is 0. The number of unbranched alkanes of at least 4 members (excludes halogenated alkanes) is 2. The molecule has 0 aliphatic rings. The van der Waals surface area contributed by atoms with Crippen molar-refractivity contribution in [1.29, 1.82) is 0 Å². The fourth-order valence-electron chi connectivity index (χ4n) is 2.07. The van der Waals surface area contributed by atoms with Crippen LogP contribution in [0.5, 0.6) is 5.75 Å². The predicted octanol–water partition coefficient (Wildman–Crippen LogP) is 7.14. The Morgan fingerprint density at radius 3 is 2.16 bits per heavy atom. The van der Waals surface area contributed by atoms with Gasteiger partial charge in [0.2, 0.25) is 0 Å². The molecule has 0 amide bonds. The Labute approximate surface area is 154 Å². The third-order valence-corrected chi connectivity index (χ3v) is 2.97. The van der Waals surface area contributed by atoms with Crippen LogP contribution in [0.25, 0.3) is 10.8 Å². The number of ketones is 1. The molecule has 0 aliphatic carbocycles. The number of benzene rings is 2. The lowest BCUT2D eigenvalue weighted by Gasteiger charge is -2.10. The van der Waals surface area contributed by atoms with E-state index in [1.54, 1.807) is 0 Å². The summed E-state index contributed by atoms with van der Waals surface area (Å²) in [6.45, 7) is 18.2. The van der Waals surface area contributed by atoms with Gasteiger partial charge in [-0.3, -0.25) is 0 Å². The van der Waals surface area contributed by atoms with Crippen molar-refractivity contribution in [3.8, 4) is 5.75 Å². The summed E-state index contributed by atoms with van der Waals surface area (Å²) in [5.41, 5.74) is 1.26. The average Bonchev–Trinajstić information content (AvgIpc) is 2.61. The summed E-state index contributed by atoms with van der Waals surface area (Å²) in [6.07, 6.45) is 3.61. The van der Waals surface area contributed by atoms with Gasteiger partial charge in [-0.05, 0) is 44.2 Å². The number of aryl methyl sites for hydroxylation is 1. The number of carbonyl (C=O) groups is 1. The number of hydrogen-bond donors (Lipinski definition) is 0. The molecule has 0 atom stereocenters. The molecule has 140 valence electrons. The quantitative estimate of drug-likeness (QED) is 0.425. The standard InChI is InChI=1S/C16H20O.C3H6O.C2H6.C2H4/c1-3-4-7-10-17-16-12-13(2)11-14-8-5-6-9-15(14)16;1-3(2)4;2*1-2/h5-6,8-9,11-12H,3-4,7,10H2,1-2H3;1-2H3;1-2H3;1-2H2. The number of fused-ring (bicyclic) bond motifs is 1. The molecule has 2 aromatic carbocycles. The van der Waals surface area contributed by atoms with Crippen molar-refractivity contribution in [1.82, 2.24) is 0 Å². The zero-order chi connectivity index (χ0) is 19.7. The highest BCUT2D eigenvalue weighted by Gasteiger charge is 2.02. The van der Waals surface area contributed by atoms with Crippen LogP contribution < -0.4 is 4.74 Å². The van der Waals surface area contributed by atoms with Gasteiger partial charge in [-0.25, -0.2) is 0 Å². The van der Waals surface area contributed by atoms with Crippen LogP contribution in [0, 0.1) is 6.92 Å². The molecule has 0 unspecified atom stereocenters. The second-order valence-electron chi connectivity index (χ2n) is 5.45. The molecule has 0 bridgehead atoms. The van der Waals surface area contributed by atoms with Crippen molar-refractivity contribution in [2.75, 3.05) is 6.61 Å². The number of rotatable bonds is 5. The largest absolute Gasteiger partial charge is 0.493 e. The monoisotopic (exact) mass is 344 g/mol. The van der Waals surface area contributed by atoms with E-state index in [4.69, 9.17) is 4.74 Å². The molecule has 2 rings (SSSR count). The summed E-state index contributed by atoms with van der Waals surface area (Å²) in [6, 6.07) is 12.7. The maximum absolute atomic E-state index is 9.44. The van der Waals surface area contributed by atoms with Gasteiger partial charge in [-0.1, -0.05) is 63.9 Å². The second kappa shape index (κ2) is 16.8. The van der Waals surface area contributed by atoms with Crippen molar-refractivity contribution >= 4 is 16.6 Å². The first kappa shape index (κ1) is 25.2. The third kappa shape index (κ3) is 12.0. The zero-order valence-corrected chi connectivity index (χ0v) is 17.0. The van der Waals surface area contributed by atoms with Gasteiger partial charge in [0.15, 0.2) is 0 Å². The Kier molecular flexibility index (Phi) is 16.9. The smallest absolute Gasteiger partial charge is 0.127 e. The van der Waals surface area contributed by atoms with Gasteiger partial charge in [0.05, 0.1) is 6.61 Å². The molecule has 0 radical (unpaired) electrons. The van der Waals surface area contributed by atoms with Crippen molar-refractivity contribution in [2.45, 2.75) is 60.8 Å². The van der Waals surface area contributed by atoms with Crippen LogP contribution in [-0.4, -0.2) is 12.4 Å². The van der Waals surface area contributed by atoms with Gasteiger partial charge in [-0.2, -0.15) is 0 Å². The summed E-state index contributed by atoms with van der Waals surface area (Å²) in [7, 11) is 0. The van der Waals surface area contributed by atoms with Crippen LogP contribution in [-0.2, 0) is 4.79 Å². The van der Waals surface area contributed by atoms with E-state index in [1.165, 1.54) is 43.0 Å². The Morgan fingerprint density at radius 2 is 1.60 bits per heavy atom. The minimum absolute atomic E-state index is 0.167. The third-order valence-electron chi connectivity index (χ3n) is 2.97. The van der Waals surface area contributed by atoms with E-state index in [-0.39, 0.29) is 5.78 Å². The van der Waals surface area contributed by atoms with Crippen LogP contribution in [0.4, 0.5) is 0 Å². The van der Waals surface area contributed by atoms with Gasteiger partial charge in [-0.15, -0.1) is 13.2 Å². The molecule has 0 aromatic heterocycles. The Balaban J connectivity index is 0. The minimum Gasteiger partial charge on any atom is -0.493 e. The van der Waals surface area contributed by atoms with E-state index in [9.17, 15) is 4.79 Å². The fraction of sp³-hybridized carbons (Fsp3) is 0.435. The highest BCUT2D eigenvalue weighted by molar-refractivity contribution is 5.89. The minimum atomic E-state index is 0.167. The Morgan fingerprint density at radius 1 is 1.04 bits per heavy atom. The highest BCUT2D eigenvalue weighted by atomic mass is 16.5. The molecular weight excluding hydrogens is 308 g/mol. The van der Waals surface area contributed by atoms with Gasteiger partial charge in [0.1, 0.15) is 11.5 Å². The predicted molar refractivity (Wildman–Crippen MR) is 113 cm³/mol. The van der Waals surface area contributed by atoms with Crippen LogP contribution >= 0.6 is 0 Å². The van der Waals surface area contributed by atoms with E-state index < -0.39 is 0 Å². The molecule has 25 heavy (non-hydrogen) atoms. The molecule has 0 N–H and O–H groups in total. The molecule has 0 saturated carbocycles. The molecule has 0 heterocycles. The molecule has 0 fully saturated rings. The SMILES string of the molecule is C=C.CC.CC(C)=O.CCCCCOc1cc(C)cc2ccccc12. The highest BCUT2D eigenvalue weighted by Crippen LogP contribution is 2.27. The fourth-order valence-corrected chi connectivity index (χ4v) is 2.07. The van der Waals surface area contributed by atoms with Gasteiger partial charge in [0, 0.05) is 5.39 Å². The molecule has 0 saturated heterocycles. The maximum Gasteiger partial charge on any atom is 0.127 e. The van der Waals surface area contributed by atoms with E-state index in [0.29, 0.717) is 0 Å². The lowest BCUT2D eigenvalue weighted by molar-refractivity contribution is -0.114. The van der Waals surface area contributed by atoms with E-state index in [1.807, 2.05) is 13.8 Å². The van der Waals surface area contributed by atoms with E-state index in [0.717, 1.165) is 18.8 Å². The van der Waals surface area contributed by atoms with Gasteiger partial charge < -0.3 is 9.53 Å². The van der Waals surface area contributed by atoms with Crippen molar-refractivity contribution < 1.29 is 9.53 Å². The molecule has 2 heteroatoms. The number of carbonyl (C=O) groups excluding carboxylic acids is 1. The van der Waals surface area contributed by atoms with Crippen LogP contribution in [0.15, 0.2) is 49.6 Å². The first-order chi connectivity index (χ1) is 12.0. The summed E-state index contributed by atoms with van der Waals surface area (Å²) in [4.78, 5) is 9.44. The molecule has 2 nitrogen and oxygen atoms in total. The summed E-state index contributed by atoms with van der Waals surface area (Å²) in [5.74, 6) is 1.19. The first-order valence-electron chi connectivity index (χ1n) is 9.14. The maximum atomic E-state index is 9.44. The summed E-state index contributed by atoms with van der Waals surface area (Å²) < 4.78 is 5.90. The zero-order valence-electron chi connectivity index (χ0n) is 17.0. The number of Topliss-reactive ketones (excluding diaryl/α,β-unsaturated/α-hetero) is 1. The van der Waals surface area contributed by atoms with E-state index in [2.05, 4.69) is 63.4 Å². The molecular formula is C23H36O2. The van der Waals surface area contributed by atoms with Crippen molar-refractivity contribution in [3.63, 3.8) is 0 Å². The lowest BCUT2D eigenvalue weighted by atomic mass is 10.1. The Hall–Kier alpha value is -2.09. The van der Waals surface area contributed by atoms with Crippen LogP contribution in [0.2, 0.25) is 0 Å². The first-order valence-corrected chi connectivity index (χ1v) is 9.14. The normalized spacial score (nSPS) is 8.72. The summed E-state index contributed by atoms with van der Waals surface area (Å²) in [5, 5.41) is 2.48. The average molecular weight is 345 g/mol. The molecule has 2 aromatic rings. The molecule has 0 aliphatic heterocycles.